The molecule has 2 heterocycles. The van der Waals surface area contributed by atoms with Gasteiger partial charge in [0, 0.05) is 27.9 Å². The number of fused-ring (bicyclic) bond motifs is 3. The van der Waals surface area contributed by atoms with Gasteiger partial charge in [0.25, 0.3) is 0 Å². The Morgan fingerprint density at radius 1 is 0.686 bits per heavy atom. The van der Waals surface area contributed by atoms with Gasteiger partial charge in [-0.1, -0.05) is 86.6 Å². The molecule has 0 N–H and O–H groups in total. The van der Waals surface area contributed by atoms with Crippen molar-refractivity contribution in [1.82, 2.24) is 4.98 Å². The second kappa shape index (κ2) is 8.56. The van der Waals surface area contributed by atoms with Crippen LogP contribution in [0.15, 0.2) is 120 Å². The van der Waals surface area contributed by atoms with Crippen LogP contribution in [0.5, 0.6) is 0 Å². The summed E-state index contributed by atoms with van der Waals surface area (Å²) in [4.78, 5) is 4.71. The van der Waals surface area contributed by atoms with Crippen molar-refractivity contribution in [1.29, 1.82) is 0 Å². The number of rotatable bonds is 5. The van der Waals surface area contributed by atoms with Gasteiger partial charge in [-0.15, -0.1) is 0 Å². The Balaban J connectivity index is 1.47. The summed E-state index contributed by atoms with van der Waals surface area (Å²) in [7, 11) is 0. The molecule has 35 heavy (non-hydrogen) atoms. The maximum atomic E-state index is 6.30. The highest BCUT2D eigenvalue weighted by molar-refractivity contribution is 6.08. The van der Waals surface area contributed by atoms with E-state index in [2.05, 4.69) is 123 Å². The van der Waals surface area contributed by atoms with E-state index in [-0.39, 0.29) is 5.41 Å². The van der Waals surface area contributed by atoms with Gasteiger partial charge in [-0.05, 0) is 65.1 Å². The van der Waals surface area contributed by atoms with Gasteiger partial charge in [-0.2, -0.15) is 0 Å². The molecule has 4 aromatic carbocycles. The first-order valence-electron chi connectivity index (χ1n) is 12.1. The summed E-state index contributed by atoms with van der Waals surface area (Å²) in [5, 5.41) is 2.31. The first-order valence-corrected chi connectivity index (χ1v) is 12.1. The third kappa shape index (κ3) is 3.91. The Hall–Kier alpha value is -4.17. The molecule has 0 saturated heterocycles. The normalized spacial score (nSPS) is 11.8. The molecular formula is C33H27NO. The summed E-state index contributed by atoms with van der Waals surface area (Å²) >= 11 is 0. The van der Waals surface area contributed by atoms with E-state index < -0.39 is 0 Å². The van der Waals surface area contributed by atoms with Crippen LogP contribution in [0.1, 0.15) is 36.1 Å². The van der Waals surface area contributed by atoms with Crippen molar-refractivity contribution < 1.29 is 4.42 Å². The Morgan fingerprint density at radius 2 is 1.46 bits per heavy atom. The zero-order chi connectivity index (χ0) is 23.8. The van der Waals surface area contributed by atoms with Crippen molar-refractivity contribution in [3.05, 3.63) is 138 Å². The molecule has 2 heteroatoms. The van der Waals surface area contributed by atoms with Gasteiger partial charge in [0.2, 0.25) is 0 Å². The lowest BCUT2D eigenvalue weighted by atomic mass is 9.76. The first kappa shape index (κ1) is 21.4. The number of benzene rings is 4. The maximum Gasteiger partial charge on any atom is 0.135 e. The van der Waals surface area contributed by atoms with Gasteiger partial charge in [0.15, 0.2) is 0 Å². The molecule has 0 saturated carbocycles. The first-order chi connectivity index (χ1) is 17.1. The standard InChI is InChI=1S/C33H27NO/c1-33(2,26-12-7-4-8-13-26)28-14-9-15-31-32(28)27-22-25(16-17-30(27)35-31)29-21-24(18-19-34-29)20-23-10-5-3-6-11-23/h3-19,21-22H,20H2,1-2H3. The van der Waals surface area contributed by atoms with E-state index >= 15 is 0 Å². The van der Waals surface area contributed by atoms with Crippen molar-refractivity contribution in [2.45, 2.75) is 25.7 Å². The summed E-state index contributed by atoms with van der Waals surface area (Å²) < 4.78 is 6.30. The lowest BCUT2D eigenvalue weighted by Gasteiger charge is -2.27. The number of furan rings is 1. The third-order valence-corrected chi connectivity index (χ3v) is 7.04. The highest BCUT2D eigenvalue weighted by Gasteiger charge is 2.27. The van der Waals surface area contributed by atoms with E-state index in [0.29, 0.717) is 0 Å². The molecule has 0 radical (unpaired) electrons. The fraction of sp³-hybridized carbons (Fsp3) is 0.121. The van der Waals surface area contributed by atoms with E-state index in [4.69, 9.17) is 9.40 Å². The van der Waals surface area contributed by atoms with Crippen LogP contribution < -0.4 is 0 Å². The van der Waals surface area contributed by atoms with E-state index in [1.165, 1.54) is 27.6 Å². The van der Waals surface area contributed by atoms with E-state index in [0.717, 1.165) is 34.2 Å². The monoisotopic (exact) mass is 453 g/mol. The van der Waals surface area contributed by atoms with Crippen molar-refractivity contribution in [3.63, 3.8) is 0 Å². The highest BCUT2D eigenvalue weighted by Crippen LogP contribution is 2.41. The molecule has 2 nitrogen and oxygen atoms in total. The summed E-state index contributed by atoms with van der Waals surface area (Å²) in [6.07, 6.45) is 2.80. The molecule has 0 amide bonds. The molecule has 0 bridgehead atoms. The van der Waals surface area contributed by atoms with Gasteiger partial charge in [0.1, 0.15) is 11.2 Å². The SMILES string of the molecule is CC(C)(c1ccccc1)c1cccc2oc3ccc(-c4cc(Cc5ccccc5)ccn4)cc3c12. The Labute approximate surface area is 205 Å². The minimum Gasteiger partial charge on any atom is -0.456 e. The van der Waals surface area contributed by atoms with Crippen LogP contribution in [0.25, 0.3) is 33.2 Å². The molecule has 0 aliphatic heterocycles. The fourth-order valence-corrected chi connectivity index (χ4v) is 5.09. The Bertz CT molecular complexity index is 1630. The van der Waals surface area contributed by atoms with Crippen LogP contribution in [0.3, 0.4) is 0 Å². The lowest BCUT2D eigenvalue weighted by Crippen LogP contribution is -2.19. The summed E-state index contributed by atoms with van der Waals surface area (Å²) in [6, 6.07) is 38.4. The van der Waals surface area contributed by atoms with Crippen LogP contribution >= 0.6 is 0 Å². The molecule has 0 aliphatic rings. The lowest BCUT2D eigenvalue weighted by molar-refractivity contribution is 0.642. The fourth-order valence-electron chi connectivity index (χ4n) is 5.09. The molecule has 0 atom stereocenters. The molecular weight excluding hydrogens is 426 g/mol. The minimum absolute atomic E-state index is 0.165. The average Bonchev–Trinajstić information content (AvgIpc) is 3.28. The summed E-state index contributed by atoms with van der Waals surface area (Å²) in [5.41, 5.74) is 8.84. The molecule has 0 spiro atoms. The van der Waals surface area contributed by atoms with Gasteiger partial charge in [0.05, 0.1) is 5.69 Å². The second-order valence-electron chi connectivity index (χ2n) is 9.69. The van der Waals surface area contributed by atoms with Crippen molar-refractivity contribution >= 4 is 21.9 Å². The van der Waals surface area contributed by atoms with Crippen LogP contribution in [0, 0.1) is 0 Å². The molecule has 2 aromatic heterocycles. The van der Waals surface area contributed by atoms with Crippen LogP contribution in [-0.4, -0.2) is 4.98 Å². The predicted molar refractivity (Wildman–Crippen MR) is 145 cm³/mol. The maximum absolute atomic E-state index is 6.30. The number of aromatic nitrogens is 1. The molecule has 0 unspecified atom stereocenters. The molecule has 6 rings (SSSR count). The van der Waals surface area contributed by atoms with Gasteiger partial charge in [-0.3, -0.25) is 4.98 Å². The topological polar surface area (TPSA) is 26.0 Å². The number of hydrogen-bond acceptors (Lipinski definition) is 2. The number of hydrogen-bond donors (Lipinski definition) is 0. The molecule has 6 aromatic rings. The van der Waals surface area contributed by atoms with Crippen LogP contribution in [0.4, 0.5) is 0 Å². The predicted octanol–water partition coefficient (Wildman–Crippen LogP) is 8.56. The molecule has 0 aliphatic carbocycles. The van der Waals surface area contributed by atoms with Gasteiger partial charge in [-0.25, -0.2) is 0 Å². The molecule has 0 fully saturated rings. The summed E-state index contributed by atoms with van der Waals surface area (Å²) in [6.45, 7) is 4.57. The van der Waals surface area contributed by atoms with Crippen molar-refractivity contribution in [2.75, 3.05) is 0 Å². The minimum atomic E-state index is -0.165. The largest absolute Gasteiger partial charge is 0.456 e. The number of nitrogens with zero attached hydrogens (tertiary/aromatic N) is 1. The van der Waals surface area contributed by atoms with Crippen LogP contribution in [-0.2, 0) is 11.8 Å². The second-order valence-corrected chi connectivity index (χ2v) is 9.69. The quantitative estimate of drug-likeness (QED) is 0.261. The van der Waals surface area contributed by atoms with E-state index in [1.807, 2.05) is 6.20 Å². The van der Waals surface area contributed by atoms with Crippen LogP contribution in [0.2, 0.25) is 0 Å². The number of pyridine rings is 1. The Kier molecular flexibility index (Phi) is 5.22. The summed E-state index contributed by atoms with van der Waals surface area (Å²) in [5.74, 6) is 0. The van der Waals surface area contributed by atoms with Crippen molar-refractivity contribution in [2.24, 2.45) is 0 Å². The smallest absolute Gasteiger partial charge is 0.135 e. The zero-order valence-corrected chi connectivity index (χ0v) is 20.0. The third-order valence-electron chi connectivity index (χ3n) is 7.04. The average molecular weight is 454 g/mol. The van der Waals surface area contributed by atoms with Crippen molar-refractivity contribution in [3.8, 4) is 11.3 Å². The highest BCUT2D eigenvalue weighted by atomic mass is 16.3. The zero-order valence-electron chi connectivity index (χ0n) is 20.0. The Morgan fingerprint density at radius 3 is 2.26 bits per heavy atom. The van der Waals surface area contributed by atoms with E-state index in [9.17, 15) is 0 Å². The molecule has 170 valence electrons. The van der Waals surface area contributed by atoms with Gasteiger partial charge >= 0.3 is 0 Å². The van der Waals surface area contributed by atoms with E-state index in [1.54, 1.807) is 0 Å². The van der Waals surface area contributed by atoms with Gasteiger partial charge < -0.3 is 4.42 Å².